The Morgan fingerprint density at radius 3 is 2.50 bits per heavy atom. The number of aryl methyl sites for hydroxylation is 1. The summed E-state index contributed by atoms with van der Waals surface area (Å²) in [5.41, 5.74) is 1.07. The lowest BCUT2D eigenvalue weighted by Crippen LogP contribution is -2.56. The van der Waals surface area contributed by atoms with Crippen LogP contribution in [0.2, 0.25) is 0 Å². The lowest BCUT2D eigenvalue weighted by molar-refractivity contribution is -0.122. The molecule has 1 atom stereocenters. The van der Waals surface area contributed by atoms with Crippen molar-refractivity contribution in [2.75, 3.05) is 11.6 Å². The smallest absolute Gasteiger partial charge is 0.408 e. The first-order chi connectivity index (χ1) is 18.0. The molecular weight excluding hydrogens is 489 g/mol. The molecule has 0 bridgehead atoms. The molecule has 0 aliphatic rings. The van der Waals surface area contributed by atoms with E-state index in [4.69, 9.17) is 4.74 Å². The standard InChI is InChI=1S/C28H32FN5O4/c1-6-15-33(34-22-10-8-7-9-20(22)24-23(26(34)36)17(2)31-32-24)25(35)21(30-27(37)38-28(3,4)5)16-18-11-13-19(29)14-12-18/h7-14,21H,6,15-16H2,1-5H3,(H,30,37)(H,31,32). The van der Waals surface area contributed by atoms with Crippen molar-refractivity contribution in [3.63, 3.8) is 0 Å². The Labute approximate surface area is 219 Å². The summed E-state index contributed by atoms with van der Waals surface area (Å²) in [6.45, 7) is 9.03. The number of ether oxygens (including phenoxy) is 1. The maximum Gasteiger partial charge on any atom is 0.408 e. The van der Waals surface area contributed by atoms with Gasteiger partial charge in [0.2, 0.25) is 0 Å². The van der Waals surface area contributed by atoms with E-state index >= 15 is 0 Å². The van der Waals surface area contributed by atoms with E-state index < -0.39 is 35.0 Å². The highest BCUT2D eigenvalue weighted by Gasteiger charge is 2.31. The van der Waals surface area contributed by atoms with E-state index in [1.54, 1.807) is 52.0 Å². The number of para-hydroxylation sites is 1. The Balaban J connectivity index is 1.84. The summed E-state index contributed by atoms with van der Waals surface area (Å²) >= 11 is 0. The van der Waals surface area contributed by atoms with Crippen molar-refractivity contribution < 1.29 is 18.7 Å². The summed E-state index contributed by atoms with van der Waals surface area (Å²) in [7, 11) is 0. The van der Waals surface area contributed by atoms with Crippen molar-refractivity contribution in [2.45, 2.75) is 59.1 Å². The van der Waals surface area contributed by atoms with E-state index in [1.165, 1.54) is 21.8 Å². The van der Waals surface area contributed by atoms with Crippen molar-refractivity contribution in [3.8, 4) is 0 Å². The summed E-state index contributed by atoms with van der Waals surface area (Å²) in [5, 5.41) is 12.3. The molecule has 2 amide bonds. The van der Waals surface area contributed by atoms with E-state index in [1.807, 2.05) is 19.1 Å². The van der Waals surface area contributed by atoms with Gasteiger partial charge in [-0.05, 0) is 57.9 Å². The third kappa shape index (κ3) is 5.53. The number of fused-ring (bicyclic) bond motifs is 3. The fraction of sp³-hybridized carbons (Fsp3) is 0.357. The number of H-pyrrole nitrogens is 1. The lowest BCUT2D eigenvalue weighted by Gasteiger charge is -2.30. The number of nitrogens with one attached hydrogen (secondary N) is 2. The van der Waals surface area contributed by atoms with Crippen molar-refractivity contribution in [1.29, 1.82) is 0 Å². The SMILES string of the molecule is CCCN(C(=O)C(Cc1ccc(F)cc1)NC(=O)OC(C)(C)C)n1c(=O)c2c(C)[nH]nc2c2ccccc21. The van der Waals surface area contributed by atoms with Gasteiger partial charge in [-0.15, -0.1) is 0 Å². The second-order valence-corrected chi connectivity index (χ2v) is 10.2. The molecule has 2 N–H and O–H groups in total. The molecule has 0 saturated carbocycles. The number of nitrogens with zero attached hydrogens (tertiary/aromatic N) is 3. The highest BCUT2D eigenvalue weighted by atomic mass is 19.1. The molecular formula is C28H32FN5O4. The van der Waals surface area contributed by atoms with Gasteiger partial charge in [0.05, 0.1) is 10.9 Å². The van der Waals surface area contributed by atoms with Crippen LogP contribution in [0.1, 0.15) is 45.4 Å². The van der Waals surface area contributed by atoms with E-state index in [9.17, 15) is 18.8 Å². The summed E-state index contributed by atoms with van der Waals surface area (Å²) in [4.78, 5) is 40.7. The number of aromatic nitrogens is 3. The van der Waals surface area contributed by atoms with Crippen molar-refractivity contribution in [2.24, 2.45) is 0 Å². The zero-order valence-corrected chi connectivity index (χ0v) is 22.2. The second kappa shape index (κ2) is 10.6. The summed E-state index contributed by atoms with van der Waals surface area (Å²) in [5.74, 6) is -0.916. The molecule has 2 aromatic heterocycles. The fourth-order valence-corrected chi connectivity index (χ4v) is 4.41. The zero-order valence-electron chi connectivity index (χ0n) is 22.2. The van der Waals surface area contributed by atoms with Gasteiger partial charge < -0.3 is 10.1 Å². The monoisotopic (exact) mass is 521 g/mol. The molecule has 38 heavy (non-hydrogen) atoms. The van der Waals surface area contributed by atoms with Crippen molar-refractivity contribution in [3.05, 3.63) is 76.0 Å². The van der Waals surface area contributed by atoms with Crippen molar-refractivity contribution >= 4 is 33.8 Å². The van der Waals surface area contributed by atoms with Gasteiger partial charge in [0, 0.05) is 24.0 Å². The number of amides is 2. The van der Waals surface area contributed by atoms with E-state index in [2.05, 4.69) is 15.5 Å². The Bertz CT molecular complexity index is 1540. The molecule has 0 saturated heterocycles. The maximum absolute atomic E-state index is 14.2. The third-order valence-corrected chi connectivity index (χ3v) is 6.01. The number of carbonyl (C=O) groups is 2. The van der Waals surface area contributed by atoms with Crippen LogP contribution in [0.3, 0.4) is 0 Å². The highest BCUT2D eigenvalue weighted by molar-refractivity contribution is 6.05. The topological polar surface area (TPSA) is 109 Å². The number of benzene rings is 2. The molecule has 0 aliphatic heterocycles. The molecule has 4 aromatic rings. The van der Waals surface area contributed by atoms with Gasteiger partial charge in [0.25, 0.3) is 11.5 Å². The molecule has 2 aromatic carbocycles. The predicted octanol–water partition coefficient (Wildman–Crippen LogP) is 4.34. The van der Waals surface area contributed by atoms with Crippen LogP contribution in [0.25, 0.3) is 21.8 Å². The largest absolute Gasteiger partial charge is 0.444 e. The summed E-state index contributed by atoms with van der Waals surface area (Å²) in [6, 6.07) is 11.8. The van der Waals surface area contributed by atoms with Crippen LogP contribution in [0.5, 0.6) is 0 Å². The number of hydrogen-bond donors (Lipinski definition) is 2. The molecule has 4 rings (SSSR count). The molecule has 200 valence electrons. The number of carbonyl (C=O) groups excluding carboxylic acids is 2. The van der Waals surface area contributed by atoms with E-state index in [-0.39, 0.29) is 13.0 Å². The minimum atomic E-state index is -1.09. The van der Waals surface area contributed by atoms with Crippen LogP contribution >= 0.6 is 0 Å². The van der Waals surface area contributed by atoms with Gasteiger partial charge in [-0.2, -0.15) is 5.10 Å². The minimum Gasteiger partial charge on any atom is -0.444 e. The first-order valence-electron chi connectivity index (χ1n) is 12.5. The zero-order chi connectivity index (χ0) is 27.6. The first-order valence-corrected chi connectivity index (χ1v) is 12.5. The highest BCUT2D eigenvalue weighted by Crippen LogP contribution is 2.23. The van der Waals surface area contributed by atoms with Gasteiger partial charge in [-0.1, -0.05) is 37.3 Å². The minimum absolute atomic E-state index is 0.0677. The van der Waals surface area contributed by atoms with Gasteiger partial charge >= 0.3 is 6.09 Å². The van der Waals surface area contributed by atoms with Gasteiger partial charge in [0.15, 0.2) is 0 Å². The molecule has 10 heteroatoms. The van der Waals surface area contributed by atoms with Gasteiger partial charge in [-0.25, -0.2) is 18.9 Å². The van der Waals surface area contributed by atoms with Crippen LogP contribution < -0.4 is 15.9 Å². The molecule has 2 heterocycles. The molecule has 0 aliphatic carbocycles. The first kappa shape index (κ1) is 26.8. The average Bonchev–Trinajstić information content (AvgIpc) is 3.25. The molecule has 1 unspecified atom stereocenters. The van der Waals surface area contributed by atoms with E-state index in [0.29, 0.717) is 39.5 Å². The predicted molar refractivity (Wildman–Crippen MR) is 144 cm³/mol. The lowest BCUT2D eigenvalue weighted by atomic mass is 10.0. The number of halogens is 1. The quantitative estimate of drug-likeness (QED) is 0.376. The van der Waals surface area contributed by atoms with Crippen LogP contribution in [0, 0.1) is 12.7 Å². The molecule has 0 radical (unpaired) electrons. The van der Waals surface area contributed by atoms with Crippen LogP contribution in [0.4, 0.5) is 9.18 Å². The molecule has 9 nitrogen and oxygen atoms in total. The Kier molecular flexibility index (Phi) is 7.52. The second-order valence-electron chi connectivity index (χ2n) is 10.2. The van der Waals surface area contributed by atoms with Crippen LogP contribution in [0.15, 0.2) is 53.3 Å². The van der Waals surface area contributed by atoms with Gasteiger partial charge in [-0.3, -0.25) is 14.7 Å². The Morgan fingerprint density at radius 2 is 1.84 bits per heavy atom. The number of aromatic amines is 1. The number of pyridine rings is 1. The van der Waals surface area contributed by atoms with Crippen LogP contribution in [-0.2, 0) is 16.0 Å². The van der Waals surface area contributed by atoms with Gasteiger partial charge in [0.1, 0.15) is 23.0 Å². The van der Waals surface area contributed by atoms with Crippen LogP contribution in [-0.4, -0.2) is 45.1 Å². The Hall–Kier alpha value is -4.21. The molecule has 0 fully saturated rings. The summed E-state index contributed by atoms with van der Waals surface area (Å²) < 4.78 is 20.3. The third-order valence-electron chi connectivity index (χ3n) is 6.01. The normalized spacial score (nSPS) is 12.5. The number of rotatable bonds is 7. The Morgan fingerprint density at radius 1 is 1.16 bits per heavy atom. The average molecular weight is 522 g/mol. The summed E-state index contributed by atoms with van der Waals surface area (Å²) in [6.07, 6.45) is -0.157. The number of hydrogen-bond acceptors (Lipinski definition) is 5. The molecule has 0 spiro atoms. The van der Waals surface area contributed by atoms with E-state index in [0.717, 1.165) is 0 Å². The fourth-order valence-electron chi connectivity index (χ4n) is 4.41. The van der Waals surface area contributed by atoms with Crippen molar-refractivity contribution in [1.82, 2.24) is 20.2 Å². The number of alkyl carbamates (subject to hydrolysis) is 1. The maximum atomic E-state index is 14.2.